The number of fused-ring (bicyclic) bond motifs is 4. The first kappa shape index (κ1) is 24.4. The Labute approximate surface area is 215 Å². The van der Waals surface area contributed by atoms with Crippen LogP contribution in [-0.2, 0) is 4.74 Å². The van der Waals surface area contributed by atoms with Crippen LogP contribution in [0.25, 0.3) is 10.8 Å². The number of carbonyl (C=O) groups excluding carboxylic acids is 1. The summed E-state index contributed by atoms with van der Waals surface area (Å²) in [5.74, 6) is 0.979. The molecule has 4 aliphatic rings. The summed E-state index contributed by atoms with van der Waals surface area (Å²) in [7, 11) is 0. The van der Waals surface area contributed by atoms with Gasteiger partial charge in [-0.1, -0.05) is 0 Å². The van der Waals surface area contributed by atoms with E-state index in [1.807, 2.05) is 25.7 Å². The first-order valence-corrected chi connectivity index (χ1v) is 13.3. The SMILES string of the molecule is CC(C)(C)OC(=O)N1C2CCC1CN(c1nc(OC[C@]34CCCN3C[C@@H](F)C4)cc3c(=O)[nH]ncc13)C2. The zero-order valence-corrected chi connectivity index (χ0v) is 21.7. The number of nitrogens with zero attached hydrogens (tertiary/aromatic N) is 5. The van der Waals surface area contributed by atoms with Crippen LogP contribution in [0.4, 0.5) is 15.0 Å². The Morgan fingerprint density at radius 2 is 1.97 bits per heavy atom. The Bertz CT molecular complexity index is 1250. The maximum atomic E-state index is 14.2. The Kier molecular flexibility index (Phi) is 5.81. The number of carbonyl (C=O) groups is 1. The van der Waals surface area contributed by atoms with Crippen LogP contribution in [0.1, 0.15) is 52.9 Å². The highest BCUT2D eigenvalue weighted by Crippen LogP contribution is 2.41. The molecule has 1 amide bonds. The molecule has 6 rings (SSSR count). The maximum Gasteiger partial charge on any atom is 0.410 e. The summed E-state index contributed by atoms with van der Waals surface area (Å²) in [6.45, 7) is 8.46. The van der Waals surface area contributed by atoms with Gasteiger partial charge in [-0.2, -0.15) is 10.1 Å². The number of hydrogen-bond donors (Lipinski definition) is 1. The Morgan fingerprint density at radius 3 is 2.70 bits per heavy atom. The zero-order valence-electron chi connectivity index (χ0n) is 21.7. The normalized spacial score (nSPS) is 29.7. The van der Waals surface area contributed by atoms with Crippen molar-refractivity contribution in [1.29, 1.82) is 0 Å². The van der Waals surface area contributed by atoms with Crippen molar-refractivity contribution in [2.24, 2.45) is 0 Å². The largest absolute Gasteiger partial charge is 0.476 e. The van der Waals surface area contributed by atoms with Crippen molar-refractivity contribution in [2.75, 3.05) is 37.7 Å². The predicted octanol–water partition coefficient (Wildman–Crippen LogP) is 2.86. The number of hydrogen-bond acceptors (Lipinski definition) is 8. The molecule has 1 N–H and O–H groups in total. The first-order chi connectivity index (χ1) is 17.6. The highest BCUT2D eigenvalue weighted by atomic mass is 19.1. The number of amides is 1. The van der Waals surface area contributed by atoms with Gasteiger partial charge in [0.2, 0.25) is 5.88 Å². The number of alkyl halides is 1. The van der Waals surface area contributed by atoms with Gasteiger partial charge >= 0.3 is 6.09 Å². The van der Waals surface area contributed by atoms with E-state index in [4.69, 9.17) is 14.5 Å². The van der Waals surface area contributed by atoms with Crippen molar-refractivity contribution < 1.29 is 18.7 Å². The first-order valence-electron chi connectivity index (χ1n) is 13.3. The van der Waals surface area contributed by atoms with Gasteiger partial charge in [-0.05, 0) is 53.0 Å². The molecule has 2 unspecified atom stereocenters. The van der Waals surface area contributed by atoms with E-state index in [9.17, 15) is 14.0 Å². The van der Waals surface area contributed by atoms with Gasteiger partial charge in [0.05, 0.1) is 34.6 Å². The van der Waals surface area contributed by atoms with Gasteiger partial charge in [-0.3, -0.25) is 14.6 Å². The molecule has 0 aromatic carbocycles. The third kappa shape index (κ3) is 4.41. The van der Waals surface area contributed by atoms with Gasteiger partial charge in [0.15, 0.2) is 0 Å². The molecule has 4 aliphatic heterocycles. The molecule has 200 valence electrons. The number of pyridine rings is 1. The van der Waals surface area contributed by atoms with Crippen LogP contribution >= 0.6 is 0 Å². The number of ether oxygens (including phenoxy) is 2. The van der Waals surface area contributed by atoms with Gasteiger partial charge in [-0.15, -0.1) is 0 Å². The Balaban J connectivity index is 1.28. The van der Waals surface area contributed by atoms with Crippen LogP contribution in [-0.4, -0.2) is 93.3 Å². The van der Waals surface area contributed by atoms with Gasteiger partial charge in [0.25, 0.3) is 5.56 Å². The fourth-order valence-corrected chi connectivity index (χ4v) is 6.71. The minimum absolute atomic E-state index is 0.00380. The van der Waals surface area contributed by atoms with Crippen LogP contribution in [0.15, 0.2) is 17.1 Å². The molecule has 0 aliphatic carbocycles. The molecule has 2 aromatic heterocycles. The van der Waals surface area contributed by atoms with Gasteiger partial charge in [0.1, 0.15) is 24.2 Å². The van der Waals surface area contributed by atoms with E-state index in [0.717, 1.165) is 32.2 Å². The molecule has 0 radical (unpaired) electrons. The van der Waals surface area contributed by atoms with Crippen molar-refractivity contribution in [1.82, 2.24) is 25.0 Å². The highest BCUT2D eigenvalue weighted by Gasteiger charge is 2.49. The van der Waals surface area contributed by atoms with Gasteiger partial charge in [0, 0.05) is 32.1 Å². The second-order valence-electron chi connectivity index (χ2n) is 12.0. The number of piperazine rings is 1. The van der Waals surface area contributed by atoms with Gasteiger partial charge in [-0.25, -0.2) is 14.3 Å². The molecular formula is C26H35FN6O4. The summed E-state index contributed by atoms with van der Waals surface area (Å²) >= 11 is 0. The summed E-state index contributed by atoms with van der Waals surface area (Å²) in [5.41, 5.74) is -1.18. The van der Waals surface area contributed by atoms with E-state index in [0.29, 0.717) is 55.1 Å². The second kappa shape index (κ2) is 8.82. The zero-order chi connectivity index (χ0) is 25.9. The molecule has 37 heavy (non-hydrogen) atoms. The monoisotopic (exact) mass is 514 g/mol. The van der Waals surface area contributed by atoms with Crippen molar-refractivity contribution in [3.8, 4) is 5.88 Å². The van der Waals surface area contributed by atoms with Crippen molar-refractivity contribution in [3.05, 3.63) is 22.6 Å². The maximum absolute atomic E-state index is 14.2. The second-order valence-corrected chi connectivity index (χ2v) is 12.0. The van der Waals surface area contributed by atoms with Crippen molar-refractivity contribution >= 4 is 22.7 Å². The Morgan fingerprint density at radius 1 is 1.22 bits per heavy atom. The molecule has 6 heterocycles. The summed E-state index contributed by atoms with van der Waals surface area (Å²) < 4.78 is 26.1. The van der Waals surface area contributed by atoms with E-state index >= 15 is 0 Å². The fraction of sp³-hybridized carbons (Fsp3) is 0.692. The topological polar surface area (TPSA) is 104 Å². The van der Waals surface area contributed by atoms with Crippen LogP contribution in [0, 0.1) is 0 Å². The molecule has 2 bridgehead atoms. The molecule has 2 aromatic rings. The molecule has 11 heteroatoms. The molecule has 0 spiro atoms. The average molecular weight is 515 g/mol. The van der Waals surface area contributed by atoms with Crippen LogP contribution in [0.3, 0.4) is 0 Å². The lowest BCUT2D eigenvalue weighted by Crippen LogP contribution is -2.57. The van der Waals surface area contributed by atoms with E-state index in [1.54, 1.807) is 12.3 Å². The van der Waals surface area contributed by atoms with Crippen molar-refractivity contribution in [2.45, 2.75) is 82.3 Å². The smallest absolute Gasteiger partial charge is 0.410 e. The molecule has 4 atom stereocenters. The van der Waals surface area contributed by atoms with Crippen LogP contribution < -0.4 is 15.2 Å². The number of aromatic amines is 1. The van der Waals surface area contributed by atoms with Gasteiger partial charge < -0.3 is 14.4 Å². The third-order valence-corrected chi connectivity index (χ3v) is 8.26. The number of anilines is 1. The standard InChI is InChI=1S/C26H35FN6O4/c1-25(2,3)37-24(35)33-17-5-6-18(33)14-31(13-17)22-20-11-28-30-23(34)19(20)9-21(29-22)36-15-26-7-4-8-32(26)12-16(27)10-26/h9,11,16-18H,4-8,10,12-15H2,1-3H3,(H,30,34)/t16-,17?,18?,26+/m0/s1. The highest BCUT2D eigenvalue weighted by molar-refractivity contribution is 5.92. The number of nitrogens with one attached hydrogen (secondary N) is 1. The summed E-state index contributed by atoms with van der Waals surface area (Å²) in [6, 6.07) is 1.65. The molecule has 4 fully saturated rings. The number of halogens is 1. The minimum atomic E-state index is -0.838. The van der Waals surface area contributed by atoms with E-state index in [-0.39, 0.29) is 29.3 Å². The summed E-state index contributed by atoms with van der Waals surface area (Å²) in [5, 5.41) is 7.62. The average Bonchev–Trinajstić information content (AvgIpc) is 3.44. The summed E-state index contributed by atoms with van der Waals surface area (Å²) in [6.07, 6.45) is 4.66. The fourth-order valence-electron chi connectivity index (χ4n) is 6.71. The molecular weight excluding hydrogens is 479 g/mol. The van der Waals surface area contributed by atoms with Crippen LogP contribution in [0.2, 0.25) is 0 Å². The van der Waals surface area contributed by atoms with Crippen molar-refractivity contribution in [3.63, 3.8) is 0 Å². The van der Waals surface area contributed by atoms with E-state index in [1.165, 1.54) is 0 Å². The van der Waals surface area contributed by atoms with Crippen LogP contribution in [0.5, 0.6) is 5.88 Å². The number of aromatic nitrogens is 3. The lowest BCUT2D eigenvalue weighted by Gasteiger charge is -2.42. The Hall–Kier alpha value is -2.95. The quantitative estimate of drug-likeness (QED) is 0.665. The lowest BCUT2D eigenvalue weighted by atomic mass is 9.95. The molecule has 4 saturated heterocycles. The van der Waals surface area contributed by atoms with E-state index < -0.39 is 11.8 Å². The van der Waals surface area contributed by atoms with E-state index in [2.05, 4.69) is 20.0 Å². The number of rotatable bonds is 4. The predicted molar refractivity (Wildman–Crippen MR) is 136 cm³/mol. The molecule has 0 saturated carbocycles. The number of H-pyrrole nitrogens is 1. The minimum Gasteiger partial charge on any atom is -0.476 e. The summed E-state index contributed by atoms with van der Waals surface area (Å²) in [4.78, 5) is 36.7. The molecule has 10 nitrogen and oxygen atoms in total. The lowest BCUT2D eigenvalue weighted by molar-refractivity contribution is 0.0123. The third-order valence-electron chi connectivity index (χ3n) is 8.26.